The Bertz CT molecular complexity index is 507. The Kier molecular flexibility index (Phi) is 4.68. The van der Waals surface area contributed by atoms with Crippen molar-refractivity contribution in [2.24, 2.45) is 7.05 Å². The Labute approximate surface area is 114 Å². The molecule has 0 saturated heterocycles. The van der Waals surface area contributed by atoms with Crippen LogP contribution in [-0.4, -0.2) is 26.0 Å². The molecule has 0 saturated carbocycles. The maximum absolute atomic E-state index is 10.1. The van der Waals surface area contributed by atoms with Crippen molar-refractivity contribution in [3.63, 3.8) is 0 Å². The van der Waals surface area contributed by atoms with Crippen LogP contribution in [-0.2, 0) is 26.3 Å². The summed E-state index contributed by atoms with van der Waals surface area (Å²) in [5, 5.41) is 14.5. The first kappa shape index (κ1) is 13.7. The minimum absolute atomic E-state index is 0.333. The van der Waals surface area contributed by atoms with Crippen LogP contribution in [0.4, 0.5) is 0 Å². The van der Waals surface area contributed by atoms with Gasteiger partial charge in [-0.05, 0) is 37.0 Å². The minimum Gasteiger partial charge on any atom is -0.393 e. The molecule has 0 aliphatic rings. The summed E-state index contributed by atoms with van der Waals surface area (Å²) in [6, 6.07) is 6.04. The molecule has 4 nitrogen and oxygen atoms in total. The van der Waals surface area contributed by atoms with E-state index >= 15 is 0 Å². The van der Waals surface area contributed by atoms with Crippen LogP contribution in [0, 0.1) is 0 Å². The standard InChI is InChI=1S/C15H21N3O/c1-3-13-9-14(18(2)17-13)10-15(19)7-6-12-5-4-8-16-11-12/h4-5,8-9,11,15,19H,3,6-7,10H2,1-2H3. The Balaban J connectivity index is 1.87. The third-order valence-electron chi connectivity index (χ3n) is 3.32. The minimum atomic E-state index is -0.333. The van der Waals surface area contributed by atoms with Gasteiger partial charge in [-0.3, -0.25) is 9.67 Å². The molecule has 2 aromatic rings. The first-order chi connectivity index (χ1) is 9.19. The lowest BCUT2D eigenvalue weighted by atomic mass is 10.0. The Morgan fingerprint density at radius 3 is 2.89 bits per heavy atom. The third-order valence-corrected chi connectivity index (χ3v) is 3.32. The van der Waals surface area contributed by atoms with E-state index in [2.05, 4.69) is 23.1 Å². The van der Waals surface area contributed by atoms with Crippen LogP contribution in [0.2, 0.25) is 0 Å². The quantitative estimate of drug-likeness (QED) is 0.862. The van der Waals surface area contributed by atoms with E-state index < -0.39 is 0 Å². The predicted octanol–water partition coefficient (Wildman–Crippen LogP) is 1.91. The number of hydrogen-bond acceptors (Lipinski definition) is 3. The molecule has 0 aromatic carbocycles. The normalized spacial score (nSPS) is 12.6. The topological polar surface area (TPSA) is 50.9 Å². The van der Waals surface area contributed by atoms with Crippen molar-refractivity contribution >= 4 is 0 Å². The van der Waals surface area contributed by atoms with Gasteiger partial charge < -0.3 is 5.11 Å². The van der Waals surface area contributed by atoms with Gasteiger partial charge in [0.25, 0.3) is 0 Å². The summed E-state index contributed by atoms with van der Waals surface area (Å²) in [6.07, 6.45) is 6.48. The molecule has 0 bridgehead atoms. The van der Waals surface area contributed by atoms with E-state index in [1.807, 2.05) is 30.1 Å². The molecule has 0 spiro atoms. The van der Waals surface area contributed by atoms with E-state index in [1.165, 1.54) is 5.56 Å². The third kappa shape index (κ3) is 3.89. The zero-order valence-corrected chi connectivity index (χ0v) is 11.6. The fraction of sp³-hybridized carbons (Fsp3) is 0.467. The number of nitrogens with zero attached hydrogens (tertiary/aromatic N) is 3. The molecule has 0 amide bonds. The van der Waals surface area contributed by atoms with E-state index in [0.29, 0.717) is 6.42 Å². The van der Waals surface area contributed by atoms with Crippen molar-refractivity contribution in [1.82, 2.24) is 14.8 Å². The van der Waals surface area contributed by atoms with Gasteiger partial charge in [0.05, 0.1) is 11.8 Å². The van der Waals surface area contributed by atoms with Crippen LogP contribution in [0.1, 0.15) is 30.3 Å². The molecule has 0 fully saturated rings. The Morgan fingerprint density at radius 1 is 1.42 bits per heavy atom. The fourth-order valence-corrected chi connectivity index (χ4v) is 2.16. The lowest BCUT2D eigenvalue weighted by Gasteiger charge is -2.10. The summed E-state index contributed by atoms with van der Waals surface area (Å²) in [5.74, 6) is 0. The lowest BCUT2D eigenvalue weighted by Crippen LogP contribution is -2.14. The summed E-state index contributed by atoms with van der Waals surface area (Å²) in [5.41, 5.74) is 3.34. The first-order valence-electron chi connectivity index (χ1n) is 6.77. The summed E-state index contributed by atoms with van der Waals surface area (Å²) in [6.45, 7) is 2.09. The molecule has 1 unspecified atom stereocenters. The van der Waals surface area contributed by atoms with Gasteiger partial charge in [-0.1, -0.05) is 13.0 Å². The molecular formula is C15H21N3O. The maximum atomic E-state index is 10.1. The molecule has 102 valence electrons. The van der Waals surface area contributed by atoms with E-state index in [4.69, 9.17) is 0 Å². The van der Waals surface area contributed by atoms with Gasteiger partial charge >= 0.3 is 0 Å². The average Bonchev–Trinajstić information content (AvgIpc) is 2.78. The summed E-state index contributed by atoms with van der Waals surface area (Å²) >= 11 is 0. The van der Waals surface area contributed by atoms with Crippen molar-refractivity contribution in [3.05, 3.63) is 47.5 Å². The average molecular weight is 259 g/mol. The molecule has 19 heavy (non-hydrogen) atoms. The Morgan fingerprint density at radius 2 is 2.26 bits per heavy atom. The molecule has 2 heterocycles. The van der Waals surface area contributed by atoms with Crippen LogP contribution in [0.15, 0.2) is 30.6 Å². The summed E-state index contributed by atoms with van der Waals surface area (Å²) in [4.78, 5) is 4.08. The number of aryl methyl sites for hydroxylation is 3. The summed E-state index contributed by atoms with van der Waals surface area (Å²) in [7, 11) is 1.93. The van der Waals surface area contributed by atoms with Crippen LogP contribution in [0.3, 0.4) is 0 Å². The van der Waals surface area contributed by atoms with Gasteiger partial charge in [-0.15, -0.1) is 0 Å². The lowest BCUT2D eigenvalue weighted by molar-refractivity contribution is 0.162. The smallest absolute Gasteiger partial charge is 0.0624 e. The van der Waals surface area contributed by atoms with Gasteiger partial charge in [-0.25, -0.2) is 0 Å². The Hall–Kier alpha value is -1.68. The number of pyridine rings is 1. The monoisotopic (exact) mass is 259 g/mol. The van der Waals surface area contributed by atoms with Crippen LogP contribution in [0.25, 0.3) is 0 Å². The van der Waals surface area contributed by atoms with E-state index in [1.54, 1.807) is 6.20 Å². The van der Waals surface area contributed by atoms with Crippen LogP contribution in [0.5, 0.6) is 0 Å². The van der Waals surface area contributed by atoms with E-state index in [9.17, 15) is 5.11 Å². The number of rotatable bonds is 6. The highest BCUT2D eigenvalue weighted by molar-refractivity contribution is 5.12. The molecule has 0 aliphatic carbocycles. The maximum Gasteiger partial charge on any atom is 0.0624 e. The molecule has 2 rings (SSSR count). The zero-order valence-electron chi connectivity index (χ0n) is 11.6. The predicted molar refractivity (Wildman–Crippen MR) is 74.9 cm³/mol. The molecule has 1 N–H and O–H groups in total. The van der Waals surface area contributed by atoms with Crippen LogP contribution < -0.4 is 0 Å². The second-order valence-corrected chi connectivity index (χ2v) is 4.86. The van der Waals surface area contributed by atoms with Gasteiger partial charge in [0.15, 0.2) is 0 Å². The summed E-state index contributed by atoms with van der Waals surface area (Å²) < 4.78 is 1.87. The van der Waals surface area contributed by atoms with Crippen molar-refractivity contribution in [2.75, 3.05) is 0 Å². The molecule has 1 atom stereocenters. The van der Waals surface area contributed by atoms with Crippen molar-refractivity contribution in [1.29, 1.82) is 0 Å². The molecule has 0 aliphatic heterocycles. The van der Waals surface area contributed by atoms with Crippen molar-refractivity contribution in [3.8, 4) is 0 Å². The fourth-order valence-electron chi connectivity index (χ4n) is 2.16. The van der Waals surface area contributed by atoms with Crippen LogP contribution >= 0.6 is 0 Å². The second-order valence-electron chi connectivity index (χ2n) is 4.86. The number of aromatic nitrogens is 3. The van der Waals surface area contributed by atoms with Crippen molar-refractivity contribution < 1.29 is 5.11 Å². The van der Waals surface area contributed by atoms with E-state index in [-0.39, 0.29) is 6.10 Å². The van der Waals surface area contributed by atoms with Crippen molar-refractivity contribution in [2.45, 2.75) is 38.7 Å². The molecule has 0 radical (unpaired) electrons. The highest BCUT2D eigenvalue weighted by Crippen LogP contribution is 2.11. The SMILES string of the molecule is CCc1cc(CC(O)CCc2cccnc2)n(C)n1. The molecule has 2 aromatic heterocycles. The molecule has 4 heteroatoms. The largest absolute Gasteiger partial charge is 0.393 e. The number of hydrogen-bond donors (Lipinski definition) is 1. The van der Waals surface area contributed by atoms with E-state index in [0.717, 1.165) is 30.7 Å². The number of aliphatic hydroxyl groups is 1. The number of aliphatic hydroxyl groups excluding tert-OH is 1. The van der Waals surface area contributed by atoms with Gasteiger partial charge in [0.1, 0.15) is 0 Å². The molecular weight excluding hydrogens is 238 g/mol. The highest BCUT2D eigenvalue weighted by Gasteiger charge is 2.10. The zero-order chi connectivity index (χ0) is 13.7. The first-order valence-corrected chi connectivity index (χ1v) is 6.77. The highest BCUT2D eigenvalue weighted by atomic mass is 16.3. The van der Waals surface area contributed by atoms with Gasteiger partial charge in [0, 0.05) is 31.6 Å². The van der Waals surface area contributed by atoms with Gasteiger partial charge in [-0.2, -0.15) is 5.10 Å². The second kappa shape index (κ2) is 6.48. The van der Waals surface area contributed by atoms with Gasteiger partial charge in [0.2, 0.25) is 0 Å².